The summed E-state index contributed by atoms with van der Waals surface area (Å²) in [4.78, 5) is 13.5. The Morgan fingerprint density at radius 2 is 2.05 bits per heavy atom. The highest BCUT2D eigenvalue weighted by atomic mass is 35.5. The van der Waals surface area contributed by atoms with Gasteiger partial charge in [-0.1, -0.05) is 23.2 Å². The second-order valence-electron chi connectivity index (χ2n) is 4.21. The van der Waals surface area contributed by atoms with Crippen molar-refractivity contribution in [1.82, 2.24) is 0 Å². The number of anilines is 1. The highest BCUT2D eigenvalue weighted by Crippen LogP contribution is 2.34. The van der Waals surface area contributed by atoms with Gasteiger partial charge in [0.1, 0.15) is 0 Å². The predicted molar refractivity (Wildman–Crippen MR) is 75.2 cm³/mol. The van der Waals surface area contributed by atoms with Crippen molar-refractivity contribution in [3.63, 3.8) is 0 Å². The van der Waals surface area contributed by atoms with Gasteiger partial charge in [-0.05, 0) is 12.1 Å². The SMILES string of the molecule is COC(=O)Cc1c(Cl)ccc(N2CCOCC2)c1Cl. The first-order valence-corrected chi connectivity index (χ1v) is 6.75. The Hall–Kier alpha value is -0.970. The van der Waals surface area contributed by atoms with Crippen LogP contribution in [0.4, 0.5) is 5.69 Å². The molecule has 6 heteroatoms. The van der Waals surface area contributed by atoms with Gasteiger partial charge in [0.25, 0.3) is 0 Å². The quantitative estimate of drug-likeness (QED) is 0.805. The number of rotatable bonds is 3. The van der Waals surface area contributed by atoms with Crippen LogP contribution in [0, 0.1) is 0 Å². The molecule has 0 bridgehead atoms. The predicted octanol–water partition coefficient (Wildman–Crippen LogP) is 2.55. The number of ether oxygens (including phenoxy) is 2. The molecular weight excluding hydrogens is 289 g/mol. The van der Waals surface area contributed by atoms with Gasteiger partial charge < -0.3 is 14.4 Å². The Bertz CT molecular complexity index is 473. The van der Waals surface area contributed by atoms with E-state index in [2.05, 4.69) is 9.64 Å². The number of carbonyl (C=O) groups is 1. The van der Waals surface area contributed by atoms with Crippen molar-refractivity contribution >= 4 is 34.9 Å². The molecule has 1 saturated heterocycles. The highest BCUT2D eigenvalue weighted by molar-refractivity contribution is 6.38. The molecule has 0 atom stereocenters. The molecule has 0 aliphatic carbocycles. The van der Waals surface area contributed by atoms with Crippen molar-refractivity contribution in [2.75, 3.05) is 38.3 Å². The topological polar surface area (TPSA) is 38.8 Å². The lowest BCUT2D eigenvalue weighted by atomic mass is 10.1. The third kappa shape index (κ3) is 3.32. The van der Waals surface area contributed by atoms with Crippen molar-refractivity contribution in [2.24, 2.45) is 0 Å². The zero-order valence-electron chi connectivity index (χ0n) is 10.6. The van der Waals surface area contributed by atoms with Crippen molar-refractivity contribution < 1.29 is 14.3 Å². The van der Waals surface area contributed by atoms with Crippen LogP contribution in [-0.2, 0) is 20.7 Å². The first kappa shape index (κ1) is 14.4. The van der Waals surface area contributed by atoms with Gasteiger partial charge in [0.2, 0.25) is 0 Å². The highest BCUT2D eigenvalue weighted by Gasteiger charge is 2.19. The zero-order chi connectivity index (χ0) is 13.8. The number of morpholine rings is 1. The Labute approximate surface area is 122 Å². The van der Waals surface area contributed by atoms with Crippen molar-refractivity contribution in [1.29, 1.82) is 0 Å². The van der Waals surface area contributed by atoms with Crippen molar-refractivity contribution in [2.45, 2.75) is 6.42 Å². The molecule has 19 heavy (non-hydrogen) atoms. The summed E-state index contributed by atoms with van der Waals surface area (Å²) in [5.74, 6) is -0.358. The summed E-state index contributed by atoms with van der Waals surface area (Å²) in [6, 6.07) is 3.63. The van der Waals surface area contributed by atoms with E-state index in [1.807, 2.05) is 6.07 Å². The van der Waals surface area contributed by atoms with E-state index in [0.29, 0.717) is 28.8 Å². The van der Waals surface area contributed by atoms with Gasteiger partial charge in [-0.25, -0.2) is 0 Å². The largest absolute Gasteiger partial charge is 0.469 e. The third-order valence-electron chi connectivity index (χ3n) is 3.07. The molecule has 1 aliphatic heterocycles. The zero-order valence-corrected chi connectivity index (χ0v) is 12.1. The van der Waals surface area contributed by atoms with Crippen molar-refractivity contribution in [3.05, 3.63) is 27.7 Å². The van der Waals surface area contributed by atoms with Gasteiger partial charge in [-0.3, -0.25) is 4.79 Å². The van der Waals surface area contributed by atoms with Gasteiger partial charge >= 0.3 is 5.97 Å². The average Bonchev–Trinajstić information content (AvgIpc) is 2.44. The second kappa shape index (κ2) is 6.46. The summed E-state index contributed by atoms with van der Waals surface area (Å²) in [5, 5.41) is 0.993. The smallest absolute Gasteiger partial charge is 0.310 e. The molecule has 4 nitrogen and oxygen atoms in total. The summed E-state index contributed by atoms with van der Waals surface area (Å²) < 4.78 is 9.97. The molecule has 104 valence electrons. The molecule has 0 saturated carbocycles. The molecule has 0 amide bonds. The van der Waals surface area contributed by atoms with Crippen LogP contribution in [-0.4, -0.2) is 39.4 Å². The number of hydrogen-bond donors (Lipinski definition) is 0. The van der Waals surface area contributed by atoms with E-state index in [-0.39, 0.29) is 12.4 Å². The van der Waals surface area contributed by atoms with Crippen LogP contribution in [0.15, 0.2) is 12.1 Å². The lowest BCUT2D eigenvalue weighted by Gasteiger charge is -2.30. The summed E-state index contributed by atoms with van der Waals surface area (Å²) >= 11 is 12.5. The van der Waals surface area contributed by atoms with Crippen LogP contribution in [0.1, 0.15) is 5.56 Å². The van der Waals surface area contributed by atoms with Gasteiger partial charge in [0.15, 0.2) is 0 Å². The molecule has 1 aromatic carbocycles. The Balaban J connectivity index is 2.30. The minimum atomic E-state index is -0.358. The molecule has 0 spiro atoms. The molecule has 1 aliphatic rings. The van der Waals surface area contributed by atoms with Crippen LogP contribution in [0.25, 0.3) is 0 Å². The van der Waals surface area contributed by atoms with E-state index in [1.54, 1.807) is 6.07 Å². The molecule has 0 unspecified atom stereocenters. The van der Waals surface area contributed by atoms with E-state index in [0.717, 1.165) is 18.8 Å². The third-order valence-corrected chi connectivity index (χ3v) is 3.84. The molecular formula is C13H15Cl2NO3. The summed E-state index contributed by atoms with van der Waals surface area (Å²) in [7, 11) is 1.34. The molecule has 0 aromatic heterocycles. The van der Waals surface area contributed by atoms with Gasteiger partial charge in [-0.15, -0.1) is 0 Å². The lowest BCUT2D eigenvalue weighted by Crippen LogP contribution is -2.36. The van der Waals surface area contributed by atoms with E-state index in [9.17, 15) is 4.79 Å². The number of esters is 1. The Kier molecular flexibility index (Phi) is 4.91. The molecule has 1 fully saturated rings. The molecule has 0 radical (unpaired) electrons. The van der Waals surface area contributed by atoms with Crippen LogP contribution in [0.3, 0.4) is 0 Å². The minimum absolute atomic E-state index is 0.0757. The number of nitrogens with zero attached hydrogens (tertiary/aromatic N) is 1. The maximum atomic E-state index is 11.4. The van der Waals surface area contributed by atoms with E-state index in [4.69, 9.17) is 27.9 Å². The fourth-order valence-electron chi connectivity index (χ4n) is 2.01. The van der Waals surface area contributed by atoms with Crippen LogP contribution in [0.2, 0.25) is 10.0 Å². The summed E-state index contributed by atoms with van der Waals surface area (Å²) in [5.41, 5.74) is 1.49. The van der Waals surface area contributed by atoms with Gasteiger partial charge in [0, 0.05) is 23.7 Å². The average molecular weight is 304 g/mol. The minimum Gasteiger partial charge on any atom is -0.469 e. The number of carbonyl (C=O) groups excluding carboxylic acids is 1. The van der Waals surface area contributed by atoms with E-state index in [1.165, 1.54) is 7.11 Å². The second-order valence-corrected chi connectivity index (χ2v) is 5.00. The molecule has 2 rings (SSSR count). The number of halogens is 2. The van der Waals surface area contributed by atoms with Crippen LogP contribution >= 0.6 is 23.2 Å². The monoisotopic (exact) mass is 303 g/mol. The fourth-order valence-corrected chi connectivity index (χ4v) is 2.64. The molecule has 0 N–H and O–H groups in total. The standard InChI is InChI=1S/C13H15Cl2NO3/c1-18-12(17)8-9-10(14)2-3-11(13(9)15)16-4-6-19-7-5-16/h2-3H,4-8H2,1H3. The summed E-state index contributed by atoms with van der Waals surface area (Å²) in [6.07, 6.45) is 0.0757. The Morgan fingerprint density at radius 3 is 2.68 bits per heavy atom. The summed E-state index contributed by atoms with van der Waals surface area (Å²) in [6.45, 7) is 2.90. The van der Waals surface area contributed by atoms with Gasteiger partial charge in [0.05, 0.1) is 37.5 Å². The lowest BCUT2D eigenvalue weighted by molar-refractivity contribution is -0.139. The number of hydrogen-bond acceptors (Lipinski definition) is 4. The normalized spacial score (nSPS) is 15.4. The van der Waals surface area contributed by atoms with E-state index >= 15 is 0 Å². The number of benzene rings is 1. The maximum absolute atomic E-state index is 11.4. The molecule has 1 aromatic rings. The first-order valence-electron chi connectivity index (χ1n) is 6.00. The van der Waals surface area contributed by atoms with Crippen LogP contribution in [0.5, 0.6) is 0 Å². The van der Waals surface area contributed by atoms with Crippen LogP contribution < -0.4 is 4.90 Å². The van der Waals surface area contributed by atoms with E-state index < -0.39 is 0 Å². The fraction of sp³-hybridized carbons (Fsp3) is 0.462. The number of methoxy groups -OCH3 is 1. The first-order chi connectivity index (χ1) is 9.13. The molecule has 1 heterocycles. The Morgan fingerprint density at radius 1 is 1.37 bits per heavy atom. The van der Waals surface area contributed by atoms with Crippen molar-refractivity contribution in [3.8, 4) is 0 Å². The van der Waals surface area contributed by atoms with Gasteiger partial charge in [-0.2, -0.15) is 0 Å². The maximum Gasteiger partial charge on any atom is 0.310 e.